The molecule has 0 spiro atoms. The zero-order valence-corrected chi connectivity index (χ0v) is 17.9. The number of nitrogens with one attached hydrogen (secondary N) is 1. The monoisotopic (exact) mass is 457 g/mol. The molecule has 152 valence electrons. The van der Waals surface area contributed by atoms with E-state index in [2.05, 4.69) is 41.2 Å². The predicted octanol–water partition coefficient (Wildman–Crippen LogP) is 2.78. The van der Waals surface area contributed by atoms with Crippen LogP contribution in [0.3, 0.4) is 0 Å². The van der Waals surface area contributed by atoms with Crippen molar-refractivity contribution in [1.82, 2.24) is 15.3 Å². The number of carbonyl (C=O) groups is 1. The zero-order chi connectivity index (χ0) is 20.6. The summed E-state index contributed by atoms with van der Waals surface area (Å²) in [6, 6.07) is 5.81. The van der Waals surface area contributed by atoms with Crippen molar-refractivity contribution >= 4 is 34.0 Å². The third-order valence-electron chi connectivity index (χ3n) is 4.66. The summed E-state index contributed by atoms with van der Waals surface area (Å²) in [6.07, 6.45) is 8.28. The fourth-order valence-electron chi connectivity index (χ4n) is 3.02. The Morgan fingerprint density at radius 2 is 2.10 bits per heavy atom. The maximum Gasteiger partial charge on any atom is 0.235 e. The average Bonchev–Trinajstić information content (AvgIpc) is 2.72. The summed E-state index contributed by atoms with van der Waals surface area (Å²) in [5.74, 6) is -0.0316. The Balaban J connectivity index is 1.46. The van der Waals surface area contributed by atoms with Crippen molar-refractivity contribution in [3.05, 3.63) is 57.6 Å². The Kier molecular flexibility index (Phi) is 7.60. The molecule has 0 bridgehead atoms. The van der Waals surface area contributed by atoms with Gasteiger partial charge in [0.05, 0.1) is 12.5 Å². The van der Waals surface area contributed by atoms with Gasteiger partial charge in [0.1, 0.15) is 0 Å². The second-order valence-corrected chi connectivity index (χ2v) is 7.88. The minimum Gasteiger partial charge on any atom is -0.392 e. The first-order valence-electron chi connectivity index (χ1n) is 9.60. The summed E-state index contributed by atoms with van der Waals surface area (Å²) < 4.78 is 0.861. The van der Waals surface area contributed by atoms with Crippen LogP contribution in [0.25, 0.3) is 0 Å². The minimum atomic E-state index is -0.307. The fourth-order valence-corrected chi connectivity index (χ4v) is 3.40. The molecule has 3 heterocycles. The van der Waals surface area contributed by atoms with E-state index in [0.29, 0.717) is 18.9 Å². The number of aromatic nitrogens is 2. The lowest BCUT2D eigenvalue weighted by molar-refractivity contribution is -0.121. The van der Waals surface area contributed by atoms with Gasteiger partial charge in [-0.15, -0.1) is 0 Å². The highest BCUT2D eigenvalue weighted by Crippen LogP contribution is 2.16. The maximum atomic E-state index is 12.3. The second-order valence-electron chi connectivity index (χ2n) is 6.97. The van der Waals surface area contributed by atoms with Gasteiger partial charge in [0.15, 0.2) is 0 Å². The molecule has 2 aromatic rings. The first-order valence-corrected chi connectivity index (χ1v) is 10.4. The number of hydrogen-bond donors (Lipinski definition) is 2. The molecule has 1 aliphatic rings. The predicted molar refractivity (Wildman–Crippen MR) is 116 cm³/mol. The molecule has 8 heteroatoms. The molecule has 1 atom stereocenters. The number of aliphatic imine (C=N–C) groups is 2. The zero-order valence-electron chi connectivity index (χ0n) is 16.3. The third-order valence-corrected chi connectivity index (χ3v) is 5.09. The van der Waals surface area contributed by atoms with E-state index in [4.69, 9.17) is 0 Å². The highest BCUT2D eigenvalue weighted by atomic mass is 79.9. The molecule has 0 radical (unpaired) electrons. The fraction of sp³-hybridized carbons (Fsp3) is 0.381. The van der Waals surface area contributed by atoms with Gasteiger partial charge in [0, 0.05) is 46.6 Å². The number of aliphatic hydroxyl groups is 1. The summed E-state index contributed by atoms with van der Waals surface area (Å²) in [5.41, 5.74) is 3.70. The van der Waals surface area contributed by atoms with Gasteiger partial charge in [-0.25, -0.2) is 4.99 Å². The van der Waals surface area contributed by atoms with Crippen LogP contribution in [0.2, 0.25) is 0 Å². The van der Waals surface area contributed by atoms with E-state index in [1.165, 1.54) is 0 Å². The van der Waals surface area contributed by atoms with Crippen LogP contribution >= 0.6 is 15.9 Å². The van der Waals surface area contributed by atoms with E-state index in [1.807, 2.05) is 25.1 Å². The number of unbranched alkanes of at least 4 members (excludes halogenated alkanes) is 1. The largest absolute Gasteiger partial charge is 0.392 e. The molecule has 0 aromatic carbocycles. The molecule has 0 saturated heterocycles. The normalized spacial score (nSPS) is 17.6. The van der Waals surface area contributed by atoms with Gasteiger partial charge < -0.3 is 5.11 Å². The first-order chi connectivity index (χ1) is 14.0. The van der Waals surface area contributed by atoms with Gasteiger partial charge in [-0.05, 0) is 66.2 Å². The molecule has 7 nitrogen and oxygen atoms in total. The highest BCUT2D eigenvalue weighted by molar-refractivity contribution is 9.10. The van der Waals surface area contributed by atoms with Crippen LogP contribution in [0.4, 0.5) is 0 Å². The summed E-state index contributed by atoms with van der Waals surface area (Å²) >= 11 is 3.36. The van der Waals surface area contributed by atoms with E-state index in [9.17, 15) is 9.90 Å². The van der Waals surface area contributed by atoms with E-state index >= 15 is 0 Å². The minimum absolute atomic E-state index is 0.0232. The van der Waals surface area contributed by atoms with Crippen LogP contribution < -0.4 is 5.32 Å². The van der Waals surface area contributed by atoms with E-state index in [1.54, 1.807) is 18.6 Å². The first kappa shape index (κ1) is 21.3. The Bertz CT molecular complexity index is 912. The molecule has 0 aliphatic carbocycles. The van der Waals surface area contributed by atoms with Crippen molar-refractivity contribution in [3.63, 3.8) is 0 Å². The van der Waals surface area contributed by atoms with Gasteiger partial charge in [0.25, 0.3) is 0 Å². The van der Waals surface area contributed by atoms with Gasteiger partial charge in [0.2, 0.25) is 11.9 Å². The molecule has 3 rings (SSSR count). The Morgan fingerprint density at radius 3 is 2.83 bits per heavy atom. The molecule has 0 saturated carbocycles. The van der Waals surface area contributed by atoms with E-state index < -0.39 is 0 Å². The number of amides is 1. The summed E-state index contributed by atoms with van der Waals surface area (Å²) in [5, 5.41) is 12.2. The van der Waals surface area contributed by atoms with Crippen molar-refractivity contribution in [3.8, 4) is 0 Å². The quantitative estimate of drug-likeness (QED) is 0.595. The standard InChI is InChI=1S/C21H24BrN5O2/c1-14-5-6-15(10-24-14)8-16-11-26-21(27-20(16)29)23-7-3-2-4-19-17(13-28)9-18(22)12-25-19/h5-6,9-12,16,28H,2-4,7-8,13H2,1H3,(H,23,27,29). The number of nitrogens with zero attached hydrogens (tertiary/aromatic N) is 4. The van der Waals surface area contributed by atoms with Crippen LogP contribution in [0.1, 0.15) is 35.4 Å². The number of aliphatic hydroxyl groups excluding tert-OH is 1. The molecule has 2 aromatic heterocycles. The van der Waals surface area contributed by atoms with E-state index in [-0.39, 0.29) is 18.4 Å². The molecular formula is C21H24BrN5O2. The van der Waals surface area contributed by atoms with Gasteiger partial charge >= 0.3 is 0 Å². The molecule has 2 N–H and O–H groups in total. The summed E-state index contributed by atoms with van der Waals surface area (Å²) in [7, 11) is 0. The van der Waals surface area contributed by atoms with Crippen LogP contribution in [0, 0.1) is 12.8 Å². The van der Waals surface area contributed by atoms with Crippen LogP contribution in [-0.4, -0.2) is 39.7 Å². The smallest absolute Gasteiger partial charge is 0.235 e. The molecule has 1 amide bonds. The third kappa shape index (κ3) is 6.27. The van der Waals surface area contributed by atoms with Gasteiger partial charge in [-0.3, -0.25) is 25.1 Å². The van der Waals surface area contributed by atoms with Crippen LogP contribution in [0.5, 0.6) is 0 Å². The highest BCUT2D eigenvalue weighted by Gasteiger charge is 2.22. The summed E-state index contributed by atoms with van der Waals surface area (Å²) in [6.45, 7) is 2.48. The number of aryl methyl sites for hydroxylation is 2. The van der Waals surface area contributed by atoms with Crippen molar-refractivity contribution < 1.29 is 9.90 Å². The Morgan fingerprint density at radius 1 is 1.24 bits per heavy atom. The molecule has 0 fully saturated rings. The lowest BCUT2D eigenvalue weighted by atomic mass is 10.00. The topological polar surface area (TPSA) is 99.8 Å². The van der Waals surface area contributed by atoms with Crippen molar-refractivity contribution in [2.24, 2.45) is 15.9 Å². The number of guanidine groups is 1. The maximum absolute atomic E-state index is 12.3. The number of hydrogen-bond acceptors (Lipinski definition) is 5. The molecule has 1 aliphatic heterocycles. The lowest BCUT2D eigenvalue weighted by Gasteiger charge is -2.17. The van der Waals surface area contributed by atoms with Gasteiger partial charge in [-0.1, -0.05) is 6.07 Å². The number of rotatable bonds is 8. The molecule has 29 heavy (non-hydrogen) atoms. The summed E-state index contributed by atoms with van der Waals surface area (Å²) in [4.78, 5) is 29.6. The van der Waals surface area contributed by atoms with E-state index in [0.717, 1.165) is 46.2 Å². The van der Waals surface area contributed by atoms with Gasteiger partial charge in [-0.2, -0.15) is 0 Å². The number of pyridine rings is 2. The lowest BCUT2D eigenvalue weighted by Crippen LogP contribution is -2.40. The average molecular weight is 458 g/mol. The molecule has 1 unspecified atom stereocenters. The SMILES string of the molecule is Cc1ccc(CC2C=NC(=NCCCCc3ncc(Br)cc3CO)NC2=O)cn1. The van der Waals surface area contributed by atoms with Crippen LogP contribution in [0.15, 0.2) is 45.1 Å². The van der Waals surface area contributed by atoms with Crippen molar-refractivity contribution in [2.75, 3.05) is 6.54 Å². The second kappa shape index (κ2) is 10.4. The Labute approximate surface area is 178 Å². The Hall–Kier alpha value is -2.45. The van der Waals surface area contributed by atoms with Crippen molar-refractivity contribution in [2.45, 2.75) is 39.2 Å². The molecular weight excluding hydrogens is 434 g/mol. The number of halogens is 1. The number of carbonyl (C=O) groups excluding carboxylic acids is 1. The van der Waals surface area contributed by atoms with Crippen molar-refractivity contribution in [1.29, 1.82) is 0 Å². The van der Waals surface area contributed by atoms with Crippen LogP contribution in [-0.2, 0) is 24.2 Å².